The standard InChI is InChI=1S/C11H13N3O4/c1-7-4-8(7)6-12-10-3-2-9(13(15)16)5-11(10)14(17)18/h2-3,5,7-8,12H,4,6H2,1H3. The van der Waals surface area contributed by atoms with Gasteiger partial charge in [0.2, 0.25) is 0 Å². The molecule has 0 saturated heterocycles. The third-order valence-corrected chi connectivity index (χ3v) is 3.22. The molecule has 0 aliphatic heterocycles. The monoisotopic (exact) mass is 251 g/mol. The van der Waals surface area contributed by atoms with Gasteiger partial charge in [-0.2, -0.15) is 0 Å². The Balaban J connectivity index is 2.17. The summed E-state index contributed by atoms with van der Waals surface area (Å²) in [6.45, 7) is 2.79. The summed E-state index contributed by atoms with van der Waals surface area (Å²) in [6.07, 6.45) is 1.12. The largest absolute Gasteiger partial charge is 0.379 e. The molecule has 2 unspecified atom stereocenters. The zero-order chi connectivity index (χ0) is 13.3. The van der Waals surface area contributed by atoms with Crippen molar-refractivity contribution < 1.29 is 9.85 Å². The summed E-state index contributed by atoms with van der Waals surface area (Å²) in [5.41, 5.74) is -0.186. The number of anilines is 1. The predicted molar refractivity (Wildman–Crippen MR) is 65.5 cm³/mol. The van der Waals surface area contributed by atoms with Gasteiger partial charge in [-0.05, 0) is 24.3 Å². The van der Waals surface area contributed by atoms with Gasteiger partial charge in [0, 0.05) is 12.6 Å². The number of nitro groups is 2. The van der Waals surface area contributed by atoms with Crippen molar-refractivity contribution in [2.45, 2.75) is 13.3 Å². The Labute approximate surface area is 103 Å². The fourth-order valence-corrected chi connectivity index (χ4v) is 1.86. The summed E-state index contributed by atoms with van der Waals surface area (Å²) in [5.74, 6) is 1.19. The smallest absolute Gasteiger partial charge is 0.299 e. The van der Waals surface area contributed by atoms with Gasteiger partial charge in [-0.1, -0.05) is 6.92 Å². The van der Waals surface area contributed by atoms with Gasteiger partial charge in [-0.15, -0.1) is 0 Å². The van der Waals surface area contributed by atoms with Gasteiger partial charge in [0.05, 0.1) is 15.9 Å². The number of non-ortho nitro benzene ring substituents is 1. The number of hydrogen-bond acceptors (Lipinski definition) is 5. The van der Waals surface area contributed by atoms with Crippen LogP contribution in [0.2, 0.25) is 0 Å². The van der Waals surface area contributed by atoms with Crippen LogP contribution in [-0.2, 0) is 0 Å². The minimum Gasteiger partial charge on any atom is -0.379 e. The number of nitrogens with zero attached hydrogens (tertiary/aromatic N) is 2. The molecule has 1 saturated carbocycles. The van der Waals surface area contributed by atoms with Gasteiger partial charge in [0.1, 0.15) is 5.69 Å². The zero-order valence-corrected chi connectivity index (χ0v) is 9.83. The van der Waals surface area contributed by atoms with Crippen molar-refractivity contribution in [1.82, 2.24) is 0 Å². The van der Waals surface area contributed by atoms with Gasteiger partial charge < -0.3 is 5.32 Å². The molecule has 2 atom stereocenters. The number of hydrogen-bond donors (Lipinski definition) is 1. The molecule has 1 aliphatic carbocycles. The first-order chi connectivity index (χ1) is 8.49. The fourth-order valence-electron chi connectivity index (χ4n) is 1.86. The third kappa shape index (κ3) is 2.55. The van der Waals surface area contributed by atoms with Gasteiger partial charge in [-0.25, -0.2) is 0 Å². The van der Waals surface area contributed by atoms with E-state index in [1.54, 1.807) is 0 Å². The maximum atomic E-state index is 10.9. The lowest BCUT2D eigenvalue weighted by molar-refractivity contribution is -0.393. The van der Waals surface area contributed by atoms with E-state index < -0.39 is 9.85 Å². The van der Waals surface area contributed by atoms with E-state index >= 15 is 0 Å². The van der Waals surface area contributed by atoms with E-state index in [4.69, 9.17) is 0 Å². The average Bonchev–Trinajstić information content (AvgIpc) is 3.02. The summed E-state index contributed by atoms with van der Waals surface area (Å²) in [7, 11) is 0. The summed E-state index contributed by atoms with van der Waals surface area (Å²) in [5, 5.41) is 24.4. The van der Waals surface area contributed by atoms with Crippen molar-refractivity contribution in [2.75, 3.05) is 11.9 Å². The van der Waals surface area contributed by atoms with Crippen molar-refractivity contribution in [3.63, 3.8) is 0 Å². The summed E-state index contributed by atoms with van der Waals surface area (Å²) in [4.78, 5) is 20.2. The van der Waals surface area contributed by atoms with Crippen LogP contribution in [-0.4, -0.2) is 16.4 Å². The quantitative estimate of drug-likeness (QED) is 0.640. The van der Waals surface area contributed by atoms with Crippen molar-refractivity contribution >= 4 is 17.1 Å². The van der Waals surface area contributed by atoms with E-state index in [1.165, 1.54) is 12.1 Å². The highest BCUT2D eigenvalue weighted by Crippen LogP contribution is 2.38. The number of nitrogens with one attached hydrogen (secondary N) is 1. The van der Waals surface area contributed by atoms with Crippen molar-refractivity contribution in [1.29, 1.82) is 0 Å². The summed E-state index contributed by atoms with van der Waals surface area (Å²) >= 11 is 0. The maximum Gasteiger partial charge on any atom is 0.299 e. The van der Waals surface area contributed by atoms with Gasteiger partial charge in [0.15, 0.2) is 0 Å². The second kappa shape index (κ2) is 4.59. The Morgan fingerprint density at radius 1 is 1.33 bits per heavy atom. The Morgan fingerprint density at radius 3 is 2.50 bits per heavy atom. The molecule has 1 aromatic rings. The van der Waals surface area contributed by atoms with E-state index in [2.05, 4.69) is 12.2 Å². The molecule has 1 N–H and O–H groups in total. The summed E-state index contributed by atoms with van der Waals surface area (Å²) < 4.78 is 0. The van der Waals surface area contributed by atoms with Crippen LogP contribution in [0.15, 0.2) is 18.2 Å². The molecule has 1 aromatic carbocycles. The molecular weight excluding hydrogens is 238 g/mol. The molecule has 96 valence electrons. The Bertz CT molecular complexity index is 503. The molecule has 0 spiro atoms. The molecule has 0 aromatic heterocycles. The molecule has 1 fully saturated rings. The normalized spacial score (nSPS) is 21.4. The average molecular weight is 251 g/mol. The number of benzene rings is 1. The lowest BCUT2D eigenvalue weighted by atomic mass is 10.2. The van der Waals surface area contributed by atoms with E-state index in [9.17, 15) is 20.2 Å². The van der Waals surface area contributed by atoms with Gasteiger partial charge in [-0.3, -0.25) is 20.2 Å². The molecule has 2 rings (SSSR count). The molecule has 0 amide bonds. The van der Waals surface area contributed by atoms with E-state index in [-0.39, 0.29) is 11.4 Å². The minimum absolute atomic E-state index is 0.252. The van der Waals surface area contributed by atoms with Crippen LogP contribution in [0.25, 0.3) is 0 Å². The van der Waals surface area contributed by atoms with E-state index in [1.807, 2.05) is 0 Å². The first-order valence-corrected chi connectivity index (χ1v) is 5.65. The first-order valence-electron chi connectivity index (χ1n) is 5.65. The van der Waals surface area contributed by atoms with Crippen LogP contribution < -0.4 is 5.32 Å². The number of nitro benzene ring substituents is 2. The van der Waals surface area contributed by atoms with Crippen LogP contribution in [0.4, 0.5) is 17.1 Å². The molecular formula is C11H13N3O4. The van der Waals surface area contributed by atoms with Gasteiger partial charge in [0.25, 0.3) is 11.4 Å². The molecule has 7 heteroatoms. The molecule has 0 heterocycles. The second-order valence-corrected chi connectivity index (χ2v) is 4.57. The van der Waals surface area contributed by atoms with Crippen LogP contribution >= 0.6 is 0 Å². The Hall–Kier alpha value is -2.18. The SMILES string of the molecule is CC1CC1CNc1ccc([N+](=O)[O-])cc1[N+](=O)[O-]. The topological polar surface area (TPSA) is 98.3 Å². The highest BCUT2D eigenvalue weighted by atomic mass is 16.6. The molecule has 0 bridgehead atoms. The first kappa shape index (κ1) is 12.3. The Morgan fingerprint density at radius 2 is 2.00 bits per heavy atom. The van der Waals surface area contributed by atoms with E-state index in [0.717, 1.165) is 12.5 Å². The fraction of sp³-hybridized carbons (Fsp3) is 0.455. The molecule has 7 nitrogen and oxygen atoms in total. The number of rotatable bonds is 5. The van der Waals surface area contributed by atoms with Crippen LogP contribution in [0.3, 0.4) is 0 Å². The lowest BCUT2D eigenvalue weighted by Crippen LogP contribution is -2.07. The Kier molecular flexibility index (Phi) is 3.14. The highest BCUT2D eigenvalue weighted by molar-refractivity contribution is 5.65. The second-order valence-electron chi connectivity index (χ2n) is 4.57. The van der Waals surface area contributed by atoms with E-state index in [0.29, 0.717) is 24.1 Å². The lowest BCUT2D eigenvalue weighted by Gasteiger charge is -2.06. The van der Waals surface area contributed by atoms with Crippen molar-refractivity contribution in [3.05, 3.63) is 38.4 Å². The third-order valence-electron chi connectivity index (χ3n) is 3.22. The van der Waals surface area contributed by atoms with Crippen molar-refractivity contribution in [2.24, 2.45) is 11.8 Å². The maximum absolute atomic E-state index is 10.9. The predicted octanol–water partition coefficient (Wildman–Crippen LogP) is 2.57. The van der Waals surface area contributed by atoms with Crippen LogP contribution in [0.5, 0.6) is 0 Å². The minimum atomic E-state index is -0.639. The zero-order valence-electron chi connectivity index (χ0n) is 9.83. The molecule has 1 aliphatic rings. The summed E-state index contributed by atoms with van der Waals surface area (Å²) in [6, 6.07) is 3.65. The van der Waals surface area contributed by atoms with Crippen molar-refractivity contribution in [3.8, 4) is 0 Å². The highest BCUT2D eigenvalue weighted by Gasteiger charge is 2.32. The van der Waals surface area contributed by atoms with Crippen LogP contribution in [0.1, 0.15) is 13.3 Å². The molecule has 18 heavy (non-hydrogen) atoms. The van der Waals surface area contributed by atoms with Crippen LogP contribution in [0, 0.1) is 32.1 Å². The molecule has 0 radical (unpaired) electrons. The van der Waals surface area contributed by atoms with Gasteiger partial charge >= 0.3 is 0 Å².